The van der Waals surface area contributed by atoms with E-state index < -0.39 is 23.9 Å². The van der Waals surface area contributed by atoms with Crippen molar-refractivity contribution in [2.75, 3.05) is 11.5 Å². The molecule has 0 aliphatic rings. The zero-order valence-corrected chi connectivity index (χ0v) is 21.5. The van der Waals surface area contributed by atoms with E-state index in [0.29, 0.717) is 17.0 Å². The second-order valence-corrected chi connectivity index (χ2v) is 7.82. The van der Waals surface area contributed by atoms with Crippen LogP contribution in [0, 0.1) is 0 Å². The van der Waals surface area contributed by atoms with Gasteiger partial charge in [-0.1, -0.05) is 12.1 Å². The van der Waals surface area contributed by atoms with Crippen molar-refractivity contribution in [3.8, 4) is 11.5 Å². The molecule has 0 amide bonds. The Morgan fingerprint density at radius 1 is 0.632 bits per heavy atom. The molecule has 0 spiro atoms. The monoisotopic (exact) mass is 530 g/mol. The molecule has 12 nitrogen and oxygen atoms in total. The molecule has 0 aliphatic heterocycles. The minimum absolute atomic E-state index is 0.00556. The molecule has 38 heavy (non-hydrogen) atoms. The summed E-state index contributed by atoms with van der Waals surface area (Å²) in [7, 11) is 0. The third kappa shape index (κ3) is 8.73. The van der Waals surface area contributed by atoms with Crippen LogP contribution in [0.5, 0.6) is 11.5 Å². The van der Waals surface area contributed by atoms with E-state index >= 15 is 0 Å². The zero-order chi connectivity index (χ0) is 28.2. The number of benzene rings is 2. The number of hydrogen-bond donors (Lipinski definition) is 2. The fourth-order valence-corrected chi connectivity index (χ4v) is 3.24. The molecule has 0 fully saturated rings. The molecule has 0 aromatic heterocycles. The van der Waals surface area contributed by atoms with Gasteiger partial charge in [-0.15, -0.1) is 0 Å². The summed E-state index contributed by atoms with van der Waals surface area (Å²) in [5, 5.41) is 0. The lowest BCUT2D eigenvalue weighted by Crippen LogP contribution is -2.17. The average molecular weight is 531 g/mol. The SMILES string of the molecule is CC(=O)OCc1c(N)c(OC=COc2ccccc2N)c(COC(C)=O)c(COC(C)=O)c1COC(C)=O. The molecule has 0 bridgehead atoms. The summed E-state index contributed by atoms with van der Waals surface area (Å²) >= 11 is 0. The topological polar surface area (TPSA) is 176 Å². The number of rotatable bonds is 12. The Hall–Kier alpha value is -4.74. The van der Waals surface area contributed by atoms with E-state index in [0.717, 1.165) is 0 Å². The van der Waals surface area contributed by atoms with Crippen LogP contribution in [0.15, 0.2) is 36.8 Å². The van der Waals surface area contributed by atoms with Crippen LogP contribution < -0.4 is 20.9 Å². The highest BCUT2D eigenvalue weighted by molar-refractivity contribution is 5.72. The predicted octanol–water partition coefficient (Wildman–Crippen LogP) is 3.03. The van der Waals surface area contributed by atoms with Crippen LogP contribution in [0.3, 0.4) is 0 Å². The molecule has 2 aromatic rings. The Morgan fingerprint density at radius 3 is 1.55 bits per heavy atom. The van der Waals surface area contributed by atoms with Gasteiger partial charge >= 0.3 is 23.9 Å². The summed E-state index contributed by atoms with van der Waals surface area (Å²) in [5.74, 6) is -1.99. The minimum Gasteiger partial charge on any atom is -0.461 e. The van der Waals surface area contributed by atoms with E-state index in [4.69, 9.17) is 39.9 Å². The summed E-state index contributed by atoms with van der Waals surface area (Å²) in [6, 6.07) is 6.79. The summed E-state index contributed by atoms with van der Waals surface area (Å²) in [5.41, 5.74) is 13.8. The van der Waals surface area contributed by atoms with Crippen LogP contribution in [0.25, 0.3) is 0 Å². The summed E-state index contributed by atoms with van der Waals surface area (Å²) in [6.45, 7) is 3.59. The van der Waals surface area contributed by atoms with Crippen molar-refractivity contribution in [2.45, 2.75) is 54.1 Å². The molecule has 4 N–H and O–H groups in total. The highest BCUT2D eigenvalue weighted by atomic mass is 16.5. The molecule has 0 unspecified atom stereocenters. The van der Waals surface area contributed by atoms with E-state index in [1.54, 1.807) is 24.3 Å². The van der Waals surface area contributed by atoms with Crippen LogP contribution in [-0.2, 0) is 64.6 Å². The van der Waals surface area contributed by atoms with E-state index in [1.165, 1.54) is 40.2 Å². The van der Waals surface area contributed by atoms with Crippen LogP contribution in [0.2, 0.25) is 0 Å². The van der Waals surface area contributed by atoms with Gasteiger partial charge in [-0.3, -0.25) is 19.2 Å². The van der Waals surface area contributed by atoms with Gasteiger partial charge in [0.25, 0.3) is 0 Å². The van der Waals surface area contributed by atoms with Gasteiger partial charge in [-0.05, 0) is 12.1 Å². The fraction of sp³-hybridized carbons (Fsp3) is 0.308. The Labute approximate surface area is 219 Å². The van der Waals surface area contributed by atoms with E-state index in [1.807, 2.05) is 0 Å². The second kappa shape index (κ2) is 14.1. The lowest BCUT2D eigenvalue weighted by atomic mass is 9.94. The van der Waals surface area contributed by atoms with Crippen molar-refractivity contribution in [3.63, 3.8) is 0 Å². The number of para-hydroxylation sites is 2. The van der Waals surface area contributed by atoms with Gasteiger partial charge in [0.2, 0.25) is 0 Å². The van der Waals surface area contributed by atoms with Crippen molar-refractivity contribution < 1.29 is 47.6 Å². The molecule has 0 saturated heterocycles. The molecule has 0 saturated carbocycles. The average Bonchev–Trinajstić information content (AvgIpc) is 2.84. The van der Waals surface area contributed by atoms with Crippen molar-refractivity contribution in [1.29, 1.82) is 0 Å². The quantitative estimate of drug-likeness (QED) is 0.178. The normalized spacial score (nSPS) is 10.5. The van der Waals surface area contributed by atoms with Crippen molar-refractivity contribution in [2.24, 2.45) is 0 Å². The summed E-state index contributed by atoms with van der Waals surface area (Å²) < 4.78 is 32.0. The van der Waals surface area contributed by atoms with Crippen LogP contribution in [0.1, 0.15) is 49.9 Å². The first kappa shape index (κ1) is 29.5. The molecular formula is C26H30N2O10. The first-order valence-corrected chi connectivity index (χ1v) is 11.3. The molecular weight excluding hydrogens is 500 g/mol. The standard InChI is InChI=1S/C26H30N2O10/c1-15(29)35-11-19-20(12-36-16(2)30)22(14-38-18(4)32)26(25(28)21(19)13-37-17(3)31)34-10-9-33-24-8-6-5-7-23(24)27/h5-10H,11-14,27-28H2,1-4H3. The molecule has 0 atom stereocenters. The maximum atomic E-state index is 11.6. The van der Waals surface area contributed by atoms with Gasteiger partial charge in [0.1, 0.15) is 44.7 Å². The van der Waals surface area contributed by atoms with E-state index in [2.05, 4.69) is 0 Å². The maximum absolute atomic E-state index is 11.6. The van der Waals surface area contributed by atoms with Gasteiger partial charge in [0.15, 0.2) is 5.75 Å². The van der Waals surface area contributed by atoms with Gasteiger partial charge in [0.05, 0.1) is 11.4 Å². The summed E-state index contributed by atoms with van der Waals surface area (Å²) in [6.07, 6.45) is 2.39. The van der Waals surface area contributed by atoms with Crippen LogP contribution >= 0.6 is 0 Å². The Morgan fingerprint density at radius 2 is 1.05 bits per heavy atom. The van der Waals surface area contributed by atoms with Crippen molar-refractivity contribution in [3.05, 3.63) is 59.0 Å². The first-order chi connectivity index (χ1) is 18.0. The number of nitrogen functional groups attached to an aromatic ring is 2. The first-order valence-electron chi connectivity index (χ1n) is 11.3. The molecule has 204 valence electrons. The second-order valence-electron chi connectivity index (χ2n) is 7.82. The minimum atomic E-state index is -0.601. The number of hydrogen-bond acceptors (Lipinski definition) is 12. The van der Waals surface area contributed by atoms with Crippen LogP contribution in [0.4, 0.5) is 11.4 Å². The maximum Gasteiger partial charge on any atom is 0.302 e. The number of carbonyl (C=O) groups is 4. The van der Waals surface area contributed by atoms with Crippen molar-refractivity contribution >= 4 is 35.3 Å². The molecule has 0 radical (unpaired) electrons. The van der Waals surface area contributed by atoms with Gasteiger partial charge < -0.3 is 39.9 Å². The van der Waals surface area contributed by atoms with Gasteiger partial charge in [0, 0.05) is 49.9 Å². The lowest BCUT2D eigenvalue weighted by Gasteiger charge is -2.23. The number of ether oxygens (including phenoxy) is 6. The summed E-state index contributed by atoms with van der Waals surface area (Å²) in [4.78, 5) is 46.4. The Bertz CT molecular complexity index is 1220. The third-order valence-corrected chi connectivity index (χ3v) is 4.97. The zero-order valence-electron chi connectivity index (χ0n) is 21.5. The number of anilines is 2. The lowest BCUT2D eigenvalue weighted by molar-refractivity contribution is -0.144. The Kier molecular flexibility index (Phi) is 11.0. The van der Waals surface area contributed by atoms with Crippen molar-refractivity contribution in [1.82, 2.24) is 0 Å². The predicted molar refractivity (Wildman–Crippen MR) is 134 cm³/mol. The van der Waals surface area contributed by atoms with Crippen LogP contribution in [-0.4, -0.2) is 23.9 Å². The number of nitrogens with two attached hydrogens (primary N) is 2. The molecule has 0 aliphatic carbocycles. The highest BCUT2D eigenvalue weighted by Gasteiger charge is 2.26. The van der Waals surface area contributed by atoms with E-state index in [-0.39, 0.29) is 54.6 Å². The number of esters is 4. The van der Waals surface area contributed by atoms with E-state index in [9.17, 15) is 19.2 Å². The largest absolute Gasteiger partial charge is 0.461 e. The molecule has 2 rings (SSSR count). The Balaban J connectivity index is 2.64. The number of carbonyl (C=O) groups excluding carboxylic acids is 4. The molecule has 2 aromatic carbocycles. The fourth-order valence-electron chi connectivity index (χ4n) is 3.24. The van der Waals surface area contributed by atoms with Gasteiger partial charge in [-0.25, -0.2) is 0 Å². The third-order valence-electron chi connectivity index (χ3n) is 4.97. The van der Waals surface area contributed by atoms with Gasteiger partial charge in [-0.2, -0.15) is 0 Å². The smallest absolute Gasteiger partial charge is 0.302 e. The highest BCUT2D eigenvalue weighted by Crippen LogP contribution is 2.39. The molecule has 12 heteroatoms. The molecule has 0 heterocycles.